The van der Waals surface area contributed by atoms with Gasteiger partial charge in [0, 0.05) is 22.7 Å². The summed E-state index contributed by atoms with van der Waals surface area (Å²) in [6, 6.07) is 18.1. The summed E-state index contributed by atoms with van der Waals surface area (Å²) >= 11 is 3.48. The highest BCUT2D eigenvalue weighted by Gasteiger charge is 2.64. The molecule has 2 aromatic carbocycles. The minimum atomic E-state index is -1.25. The van der Waals surface area contributed by atoms with Crippen LogP contribution in [0.5, 0.6) is 0 Å². The second-order valence-electron chi connectivity index (χ2n) is 7.33. The number of hydrogen-bond acceptors (Lipinski definition) is 5. The number of rotatable bonds is 4. The van der Waals surface area contributed by atoms with E-state index in [-0.39, 0.29) is 23.5 Å². The normalized spacial score (nSPS) is 27.6. The molecule has 4 atom stereocenters. The van der Waals surface area contributed by atoms with Crippen molar-refractivity contribution in [1.29, 1.82) is 0 Å². The molecule has 4 rings (SSSR count). The molecule has 2 aromatic rings. The monoisotopic (exact) mass is 456 g/mol. The van der Waals surface area contributed by atoms with Crippen LogP contribution >= 0.6 is 15.9 Å². The number of carbonyl (C=O) groups excluding carboxylic acids is 2. The molecule has 1 fully saturated rings. The second kappa shape index (κ2) is 7.67. The molecule has 6 heteroatoms. The van der Waals surface area contributed by atoms with Gasteiger partial charge in [-0.3, -0.25) is 0 Å². The van der Waals surface area contributed by atoms with Crippen LogP contribution in [-0.2, 0) is 23.8 Å². The highest BCUT2D eigenvalue weighted by molar-refractivity contribution is 9.10. The molecule has 29 heavy (non-hydrogen) atoms. The molecular weight excluding hydrogens is 436 g/mol. The third kappa shape index (κ3) is 3.25. The Labute approximate surface area is 177 Å². The van der Waals surface area contributed by atoms with E-state index in [9.17, 15) is 9.59 Å². The summed E-state index contributed by atoms with van der Waals surface area (Å²) in [5.74, 6) is -1.38. The summed E-state index contributed by atoms with van der Waals surface area (Å²) in [5, 5.41) is 0. The average Bonchev–Trinajstić information content (AvgIpc) is 3.28. The van der Waals surface area contributed by atoms with Crippen molar-refractivity contribution >= 4 is 27.9 Å². The minimum absolute atomic E-state index is 0.0186. The SMILES string of the molecule is COC(=O)C1=CC2[C@H](c3ccccc3)[C@@H](c3ccc(Br)cc3)C[C@@]2(C(=O)OC)O1. The number of halogens is 1. The first-order valence-corrected chi connectivity index (χ1v) is 10.2. The predicted molar refractivity (Wildman–Crippen MR) is 110 cm³/mol. The zero-order valence-corrected chi connectivity index (χ0v) is 17.7. The molecule has 0 aromatic heterocycles. The van der Waals surface area contributed by atoms with Gasteiger partial charge in [0.15, 0.2) is 0 Å². The molecule has 0 bridgehead atoms. The summed E-state index contributed by atoms with van der Waals surface area (Å²) in [6.45, 7) is 0. The van der Waals surface area contributed by atoms with Crippen LogP contribution in [0.4, 0.5) is 0 Å². The molecular formula is C23H21BrO5. The topological polar surface area (TPSA) is 61.8 Å². The molecule has 0 spiro atoms. The van der Waals surface area contributed by atoms with Crippen molar-refractivity contribution in [2.24, 2.45) is 5.92 Å². The van der Waals surface area contributed by atoms with E-state index in [0.717, 1.165) is 15.6 Å². The van der Waals surface area contributed by atoms with E-state index in [1.165, 1.54) is 14.2 Å². The van der Waals surface area contributed by atoms with Gasteiger partial charge in [-0.2, -0.15) is 0 Å². The highest BCUT2D eigenvalue weighted by Crippen LogP contribution is 2.60. The lowest BCUT2D eigenvalue weighted by Crippen LogP contribution is -2.43. The van der Waals surface area contributed by atoms with E-state index in [4.69, 9.17) is 14.2 Å². The highest BCUT2D eigenvalue weighted by atomic mass is 79.9. The second-order valence-corrected chi connectivity index (χ2v) is 8.25. The molecule has 0 N–H and O–H groups in total. The first-order valence-electron chi connectivity index (χ1n) is 9.38. The fourth-order valence-corrected chi connectivity index (χ4v) is 4.93. The Balaban J connectivity index is 1.86. The fourth-order valence-electron chi connectivity index (χ4n) is 4.67. The summed E-state index contributed by atoms with van der Waals surface area (Å²) in [4.78, 5) is 25.1. The Kier molecular flexibility index (Phi) is 5.21. The van der Waals surface area contributed by atoms with Gasteiger partial charge in [-0.05, 0) is 35.3 Å². The quantitative estimate of drug-likeness (QED) is 0.640. The van der Waals surface area contributed by atoms with Crippen LogP contribution in [0.3, 0.4) is 0 Å². The van der Waals surface area contributed by atoms with Crippen molar-refractivity contribution in [3.63, 3.8) is 0 Å². The first kappa shape index (κ1) is 19.7. The summed E-state index contributed by atoms with van der Waals surface area (Å²) in [5.41, 5.74) is 0.940. The molecule has 1 aliphatic carbocycles. The number of benzene rings is 2. The maximum Gasteiger partial charge on any atom is 0.373 e. The number of esters is 2. The lowest BCUT2D eigenvalue weighted by atomic mass is 9.78. The smallest absolute Gasteiger partial charge is 0.373 e. The van der Waals surface area contributed by atoms with Crippen LogP contribution in [0.25, 0.3) is 0 Å². The van der Waals surface area contributed by atoms with E-state index < -0.39 is 17.5 Å². The van der Waals surface area contributed by atoms with Crippen LogP contribution < -0.4 is 0 Å². The zero-order chi connectivity index (χ0) is 20.6. The third-order valence-electron chi connectivity index (χ3n) is 5.91. The number of carbonyl (C=O) groups is 2. The summed E-state index contributed by atoms with van der Waals surface area (Å²) in [6.07, 6.45) is 2.14. The van der Waals surface area contributed by atoms with Crippen molar-refractivity contribution in [3.05, 3.63) is 82.0 Å². The van der Waals surface area contributed by atoms with Gasteiger partial charge in [-0.1, -0.05) is 58.4 Å². The van der Waals surface area contributed by atoms with E-state index >= 15 is 0 Å². The van der Waals surface area contributed by atoms with E-state index in [1.54, 1.807) is 6.08 Å². The van der Waals surface area contributed by atoms with Crippen molar-refractivity contribution in [1.82, 2.24) is 0 Å². The van der Waals surface area contributed by atoms with Crippen LogP contribution in [-0.4, -0.2) is 31.8 Å². The molecule has 1 saturated carbocycles. The van der Waals surface area contributed by atoms with Gasteiger partial charge in [0.05, 0.1) is 14.2 Å². The van der Waals surface area contributed by atoms with Crippen LogP contribution in [0.15, 0.2) is 70.9 Å². The Hall–Kier alpha value is -2.60. The molecule has 2 aliphatic rings. The van der Waals surface area contributed by atoms with Gasteiger partial charge in [0.1, 0.15) is 0 Å². The van der Waals surface area contributed by atoms with E-state index in [1.807, 2.05) is 42.5 Å². The van der Waals surface area contributed by atoms with Gasteiger partial charge >= 0.3 is 11.9 Å². The summed E-state index contributed by atoms with van der Waals surface area (Å²) in [7, 11) is 2.64. The van der Waals surface area contributed by atoms with Crippen LogP contribution in [0.2, 0.25) is 0 Å². The summed E-state index contributed by atoms with van der Waals surface area (Å²) < 4.78 is 17.0. The van der Waals surface area contributed by atoms with Gasteiger partial charge in [-0.15, -0.1) is 0 Å². The van der Waals surface area contributed by atoms with Gasteiger partial charge < -0.3 is 14.2 Å². The average molecular weight is 457 g/mol. The molecule has 1 aliphatic heterocycles. The lowest BCUT2D eigenvalue weighted by molar-refractivity contribution is -0.167. The molecule has 1 unspecified atom stereocenters. The predicted octanol–water partition coefficient (Wildman–Crippen LogP) is 4.34. The van der Waals surface area contributed by atoms with Gasteiger partial charge in [0.2, 0.25) is 11.4 Å². The fraction of sp³-hybridized carbons (Fsp3) is 0.304. The van der Waals surface area contributed by atoms with E-state index in [0.29, 0.717) is 6.42 Å². The molecule has 0 radical (unpaired) electrons. The molecule has 5 nitrogen and oxygen atoms in total. The van der Waals surface area contributed by atoms with Crippen molar-refractivity contribution in [3.8, 4) is 0 Å². The Morgan fingerprint density at radius 3 is 2.31 bits per heavy atom. The maximum atomic E-state index is 12.9. The third-order valence-corrected chi connectivity index (χ3v) is 6.43. The number of ether oxygens (including phenoxy) is 3. The van der Waals surface area contributed by atoms with Crippen LogP contribution in [0.1, 0.15) is 29.4 Å². The largest absolute Gasteiger partial charge is 0.468 e. The number of methoxy groups -OCH3 is 2. The van der Waals surface area contributed by atoms with Crippen molar-refractivity contribution < 1.29 is 23.8 Å². The molecule has 0 amide bonds. The molecule has 1 heterocycles. The first-order chi connectivity index (χ1) is 14.0. The Morgan fingerprint density at radius 2 is 1.69 bits per heavy atom. The Bertz CT molecular complexity index is 953. The lowest BCUT2D eigenvalue weighted by Gasteiger charge is -2.27. The van der Waals surface area contributed by atoms with Crippen molar-refractivity contribution in [2.75, 3.05) is 14.2 Å². The zero-order valence-electron chi connectivity index (χ0n) is 16.1. The standard InChI is InChI=1S/C23H21BrO5/c1-27-21(25)19-12-18-20(15-6-4-3-5-7-15)17(14-8-10-16(24)11-9-14)13-23(18,29-19)22(26)28-2/h3-12,17-18,20H,13H2,1-2H3/t17-,18?,20-,23-/m1/s1. The van der Waals surface area contributed by atoms with Gasteiger partial charge in [0.25, 0.3) is 0 Å². The number of hydrogen-bond donors (Lipinski definition) is 0. The van der Waals surface area contributed by atoms with Crippen LogP contribution in [0, 0.1) is 5.92 Å². The maximum absolute atomic E-state index is 12.9. The Morgan fingerprint density at radius 1 is 1.00 bits per heavy atom. The van der Waals surface area contributed by atoms with Gasteiger partial charge in [-0.25, -0.2) is 9.59 Å². The minimum Gasteiger partial charge on any atom is -0.468 e. The molecule has 150 valence electrons. The van der Waals surface area contributed by atoms with Crippen molar-refractivity contribution in [2.45, 2.75) is 23.9 Å². The van der Waals surface area contributed by atoms with E-state index in [2.05, 4.69) is 28.1 Å². The molecule has 0 saturated heterocycles. The number of fused-ring (bicyclic) bond motifs is 1.